The number of rotatable bonds is 7. The zero-order valence-electron chi connectivity index (χ0n) is 10.0. The Morgan fingerprint density at radius 3 is 2.28 bits per heavy atom. The van der Waals surface area contributed by atoms with E-state index in [1.807, 2.05) is 5.32 Å². The zero-order valence-corrected chi connectivity index (χ0v) is 10.8. The van der Waals surface area contributed by atoms with Crippen molar-refractivity contribution in [2.75, 3.05) is 18.6 Å². The minimum atomic E-state index is -3.77. The van der Waals surface area contributed by atoms with Crippen molar-refractivity contribution in [2.24, 2.45) is 0 Å². The van der Waals surface area contributed by atoms with Crippen LogP contribution in [0.3, 0.4) is 0 Å². The number of ether oxygens (including phenoxy) is 1. The Bertz CT molecular complexity index is 428. The fourth-order valence-electron chi connectivity index (χ4n) is 1.10. The number of sulfone groups is 1. The second-order valence-electron chi connectivity index (χ2n) is 3.53. The number of nitrogens with one attached hydrogen (secondary N) is 1. The summed E-state index contributed by atoms with van der Waals surface area (Å²) < 4.78 is 27.3. The lowest BCUT2D eigenvalue weighted by molar-refractivity contribution is -0.141. The third kappa shape index (κ3) is 6.84. The Morgan fingerprint density at radius 1 is 1.33 bits per heavy atom. The number of carboxylic acids is 1. The van der Waals surface area contributed by atoms with Gasteiger partial charge >= 0.3 is 11.9 Å². The van der Waals surface area contributed by atoms with Crippen molar-refractivity contribution in [3.05, 3.63) is 0 Å². The van der Waals surface area contributed by atoms with E-state index >= 15 is 0 Å². The molecule has 9 heteroatoms. The quantitative estimate of drug-likeness (QED) is 0.547. The molecule has 0 heterocycles. The van der Waals surface area contributed by atoms with E-state index in [0.717, 1.165) is 14.0 Å². The van der Waals surface area contributed by atoms with Crippen LogP contribution in [-0.2, 0) is 29.0 Å². The van der Waals surface area contributed by atoms with Crippen LogP contribution in [0.2, 0.25) is 0 Å². The van der Waals surface area contributed by atoms with Gasteiger partial charge < -0.3 is 15.2 Å². The first kappa shape index (κ1) is 16.4. The van der Waals surface area contributed by atoms with Gasteiger partial charge in [-0.2, -0.15) is 0 Å². The lowest BCUT2D eigenvalue weighted by Gasteiger charge is -2.13. The highest BCUT2D eigenvalue weighted by Crippen LogP contribution is 2.00. The van der Waals surface area contributed by atoms with Crippen LogP contribution in [0.1, 0.15) is 13.3 Å². The number of esters is 1. The molecule has 8 nitrogen and oxygen atoms in total. The minimum absolute atomic E-state index is 0.356. The number of amides is 1. The van der Waals surface area contributed by atoms with Crippen LogP contribution >= 0.6 is 0 Å². The Labute approximate surface area is 104 Å². The number of carbonyl (C=O) groups is 3. The van der Waals surface area contributed by atoms with Gasteiger partial charge in [-0.3, -0.25) is 9.59 Å². The van der Waals surface area contributed by atoms with Gasteiger partial charge in [-0.15, -0.1) is 0 Å². The van der Waals surface area contributed by atoms with E-state index < -0.39 is 45.2 Å². The molecule has 0 aliphatic carbocycles. The molecular formula is C9H15NO7S. The van der Waals surface area contributed by atoms with Crippen LogP contribution < -0.4 is 5.32 Å². The maximum atomic E-state index is 11.5. The molecule has 0 aliphatic heterocycles. The first-order valence-electron chi connectivity index (χ1n) is 4.95. The lowest BCUT2D eigenvalue weighted by Crippen LogP contribution is -2.45. The van der Waals surface area contributed by atoms with E-state index in [4.69, 9.17) is 5.11 Å². The molecule has 104 valence electrons. The summed E-state index contributed by atoms with van der Waals surface area (Å²) in [4.78, 5) is 32.2. The van der Waals surface area contributed by atoms with Gasteiger partial charge in [0.2, 0.25) is 5.91 Å². The van der Waals surface area contributed by atoms with Crippen LogP contribution in [0.15, 0.2) is 0 Å². The van der Waals surface area contributed by atoms with Crippen molar-refractivity contribution >= 4 is 27.7 Å². The van der Waals surface area contributed by atoms with Crippen molar-refractivity contribution in [3.8, 4) is 0 Å². The van der Waals surface area contributed by atoms with Gasteiger partial charge in [0.25, 0.3) is 0 Å². The highest BCUT2D eigenvalue weighted by Gasteiger charge is 2.26. The van der Waals surface area contributed by atoms with Crippen LogP contribution in [0.5, 0.6) is 0 Å². The molecule has 0 fully saturated rings. The molecule has 0 saturated carbocycles. The number of methoxy groups -OCH3 is 1. The van der Waals surface area contributed by atoms with Gasteiger partial charge in [0.1, 0.15) is 6.04 Å². The van der Waals surface area contributed by atoms with Gasteiger partial charge in [0.15, 0.2) is 9.84 Å². The zero-order chi connectivity index (χ0) is 14.3. The smallest absolute Gasteiger partial charge is 0.327 e. The SMILES string of the molecule is COC(=O)CCS(=O)(=O)CC(NC(C)=O)C(=O)O. The molecule has 0 radical (unpaired) electrons. The standard InChI is InChI=1S/C9H15NO7S/c1-6(11)10-7(9(13)14)5-18(15,16)4-3-8(12)17-2/h7H,3-5H2,1-2H3,(H,10,11)(H,13,14). The van der Waals surface area contributed by atoms with Crippen molar-refractivity contribution < 1.29 is 32.6 Å². The molecule has 0 rings (SSSR count). The normalized spacial score (nSPS) is 12.6. The molecule has 0 aromatic carbocycles. The largest absolute Gasteiger partial charge is 0.480 e. The third-order valence-electron chi connectivity index (χ3n) is 1.94. The van der Waals surface area contributed by atoms with Gasteiger partial charge in [0.05, 0.1) is 25.0 Å². The van der Waals surface area contributed by atoms with Crippen LogP contribution in [0.25, 0.3) is 0 Å². The van der Waals surface area contributed by atoms with Crippen molar-refractivity contribution in [3.63, 3.8) is 0 Å². The van der Waals surface area contributed by atoms with Gasteiger partial charge in [0, 0.05) is 6.92 Å². The van der Waals surface area contributed by atoms with Crippen molar-refractivity contribution in [1.29, 1.82) is 0 Å². The fraction of sp³-hybridized carbons (Fsp3) is 0.667. The first-order chi connectivity index (χ1) is 8.18. The topological polar surface area (TPSA) is 127 Å². The minimum Gasteiger partial charge on any atom is -0.480 e. The Kier molecular flexibility index (Phi) is 6.31. The Balaban J connectivity index is 4.56. The first-order valence-corrected chi connectivity index (χ1v) is 6.77. The van der Waals surface area contributed by atoms with E-state index in [1.165, 1.54) is 0 Å². The third-order valence-corrected chi connectivity index (χ3v) is 3.61. The van der Waals surface area contributed by atoms with Crippen molar-refractivity contribution in [1.82, 2.24) is 5.32 Å². The molecule has 0 aliphatic rings. The Hall–Kier alpha value is -1.64. The maximum Gasteiger partial charge on any atom is 0.327 e. The van der Waals surface area contributed by atoms with E-state index in [-0.39, 0.29) is 6.42 Å². The molecule has 1 amide bonds. The fourth-order valence-corrected chi connectivity index (χ4v) is 2.48. The van der Waals surface area contributed by atoms with Crippen LogP contribution in [0, 0.1) is 0 Å². The molecule has 2 N–H and O–H groups in total. The summed E-state index contributed by atoms with van der Waals surface area (Å²) in [7, 11) is -2.66. The number of aliphatic carboxylic acids is 1. The summed E-state index contributed by atoms with van der Waals surface area (Å²) in [6, 6.07) is -1.52. The van der Waals surface area contributed by atoms with Gasteiger partial charge in [-0.25, -0.2) is 13.2 Å². The monoisotopic (exact) mass is 281 g/mol. The second-order valence-corrected chi connectivity index (χ2v) is 5.76. The number of hydrogen-bond donors (Lipinski definition) is 2. The molecular weight excluding hydrogens is 266 g/mol. The molecule has 1 unspecified atom stereocenters. The van der Waals surface area contributed by atoms with Crippen LogP contribution in [-0.4, -0.2) is 56.0 Å². The summed E-state index contributed by atoms with van der Waals surface area (Å²) in [5, 5.41) is 10.7. The molecule has 0 bridgehead atoms. The highest BCUT2D eigenvalue weighted by atomic mass is 32.2. The molecule has 0 aromatic heterocycles. The maximum absolute atomic E-state index is 11.5. The average molecular weight is 281 g/mol. The molecule has 0 aromatic rings. The van der Waals surface area contributed by atoms with Gasteiger partial charge in [-0.05, 0) is 0 Å². The summed E-state index contributed by atoms with van der Waals surface area (Å²) >= 11 is 0. The molecule has 0 saturated heterocycles. The van der Waals surface area contributed by atoms with Crippen LogP contribution in [0.4, 0.5) is 0 Å². The Morgan fingerprint density at radius 2 is 1.89 bits per heavy atom. The highest BCUT2D eigenvalue weighted by molar-refractivity contribution is 7.91. The van der Waals surface area contributed by atoms with E-state index in [9.17, 15) is 22.8 Å². The number of carbonyl (C=O) groups excluding carboxylic acids is 2. The molecule has 1 atom stereocenters. The van der Waals surface area contributed by atoms with E-state index in [1.54, 1.807) is 0 Å². The van der Waals surface area contributed by atoms with Crippen molar-refractivity contribution in [2.45, 2.75) is 19.4 Å². The molecule has 18 heavy (non-hydrogen) atoms. The van der Waals surface area contributed by atoms with Gasteiger partial charge in [-0.1, -0.05) is 0 Å². The lowest BCUT2D eigenvalue weighted by atomic mass is 10.3. The number of carboxylic acid groups (broad SMARTS) is 1. The van der Waals surface area contributed by atoms with E-state index in [2.05, 4.69) is 4.74 Å². The predicted octanol–water partition coefficient (Wildman–Crippen LogP) is -1.45. The van der Waals surface area contributed by atoms with E-state index in [0.29, 0.717) is 0 Å². The summed E-state index contributed by atoms with van der Waals surface area (Å²) in [5.41, 5.74) is 0. The summed E-state index contributed by atoms with van der Waals surface area (Å²) in [5.74, 6) is -4.09. The predicted molar refractivity (Wildman–Crippen MR) is 60.5 cm³/mol. The average Bonchev–Trinajstić information content (AvgIpc) is 2.24. The number of hydrogen-bond acceptors (Lipinski definition) is 6. The second kappa shape index (κ2) is 6.94. The summed E-state index contributed by atoms with van der Waals surface area (Å²) in [6.07, 6.45) is -0.356. The molecule has 0 spiro atoms. The summed E-state index contributed by atoms with van der Waals surface area (Å²) in [6.45, 7) is 1.08.